The van der Waals surface area contributed by atoms with Crippen molar-refractivity contribution in [2.45, 2.75) is 13.8 Å². The van der Waals surface area contributed by atoms with Gasteiger partial charge < -0.3 is 0 Å². The topological polar surface area (TPSA) is 47.3 Å². The number of hydroxylamine groups is 2. The third kappa shape index (κ3) is 3.89. The molecule has 0 atom stereocenters. The van der Waals surface area contributed by atoms with Crippen molar-refractivity contribution in [1.29, 1.82) is 5.41 Å². The summed E-state index contributed by atoms with van der Waals surface area (Å²) in [6, 6.07) is 7.18. The summed E-state index contributed by atoms with van der Waals surface area (Å²) in [4.78, 5) is 0. The molecule has 0 saturated carbocycles. The van der Waals surface area contributed by atoms with Gasteiger partial charge in [-0.05, 0) is 12.1 Å². The highest BCUT2D eigenvalue weighted by molar-refractivity contribution is 9.10. The fourth-order valence-corrected chi connectivity index (χ4v) is 1.06. The maximum Gasteiger partial charge on any atom is 0.151 e. The van der Waals surface area contributed by atoms with Gasteiger partial charge in [-0.3, -0.25) is 10.6 Å². The first kappa shape index (κ1) is 13.1. The van der Waals surface area contributed by atoms with Gasteiger partial charge in [0, 0.05) is 17.1 Å². The van der Waals surface area contributed by atoms with Gasteiger partial charge in [0.15, 0.2) is 5.84 Å². The fourth-order valence-electron chi connectivity index (χ4n) is 0.795. The van der Waals surface area contributed by atoms with Crippen LogP contribution in [0.3, 0.4) is 0 Å². The lowest BCUT2D eigenvalue weighted by Gasteiger charge is -2.10. The van der Waals surface area contributed by atoms with Crippen LogP contribution < -0.4 is 0 Å². The zero-order valence-electron chi connectivity index (χ0n) is 8.58. The van der Waals surface area contributed by atoms with Crippen LogP contribution in [0, 0.1) is 5.41 Å². The second-order valence-corrected chi connectivity index (χ2v) is 3.29. The van der Waals surface area contributed by atoms with E-state index in [4.69, 9.17) is 10.6 Å². The summed E-state index contributed by atoms with van der Waals surface area (Å²) < 4.78 is 0.958. The minimum Gasteiger partial charge on any atom is -0.287 e. The van der Waals surface area contributed by atoms with Crippen LogP contribution in [-0.2, 0) is 0 Å². The molecule has 78 valence electrons. The van der Waals surface area contributed by atoms with E-state index in [1.807, 2.05) is 26.0 Å². The molecule has 0 aromatic heterocycles. The summed E-state index contributed by atoms with van der Waals surface area (Å²) in [6.07, 6.45) is 0. The van der Waals surface area contributed by atoms with E-state index in [1.165, 1.54) is 7.05 Å². The molecule has 1 rings (SSSR count). The molecule has 0 saturated heterocycles. The summed E-state index contributed by atoms with van der Waals surface area (Å²) in [7, 11) is 1.42. The lowest BCUT2D eigenvalue weighted by Crippen LogP contribution is -2.22. The van der Waals surface area contributed by atoms with Crippen molar-refractivity contribution in [3.8, 4) is 0 Å². The molecule has 4 heteroatoms. The van der Waals surface area contributed by atoms with E-state index in [9.17, 15) is 0 Å². The number of halogens is 1. The van der Waals surface area contributed by atoms with Crippen LogP contribution in [0.4, 0.5) is 0 Å². The summed E-state index contributed by atoms with van der Waals surface area (Å²) >= 11 is 3.29. The van der Waals surface area contributed by atoms with Gasteiger partial charge in [-0.25, -0.2) is 5.06 Å². The molecule has 0 spiro atoms. The molecular weight excluding hydrogens is 244 g/mol. The van der Waals surface area contributed by atoms with Crippen LogP contribution in [0.25, 0.3) is 0 Å². The monoisotopic (exact) mass is 258 g/mol. The van der Waals surface area contributed by atoms with Crippen LogP contribution in [-0.4, -0.2) is 23.2 Å². The average molecular weight is 259 g/mol. The minimum absolute atomic E-state index is 0.0856. The van der Waals surface area contributed by atoms with E-state index >= 15 is 0 Å². The van der Waals surface area contributed by atoms with Gasteiger partial charge in [-0.1, -0.05) is 41.9 Å². The molecule has 0 amide bonds. The maximum absolute atomic E-state index is 8.94. The maximum atomic E-state index is 8.94. The number of nitrogens with one attached hydrogen (secondary N) is 1. The molecule has 14 heavy (non-hydrogen) atoms. The van der Waals surface area contributed by atoms with E-state index in [2.05, 4.69) is 15.9 Å². The third-order valence-electron chi connectivity index (χ3n) is 1.44. The Labute approximate surface area is 93.0 Å². The molecule has 3 nitrogen and oxygen atoms in total. The second-order valence-electron chi connectivity index (χ2n) is 2.38. The number of rotatable bonds is 1. The lowest BCUT2D eigenvalue weighted by atomic mass is 10.2. The average Bonchev–Trinajstić information content (AvgIpc) is 2.21. The van der Waals surface area contributed by atoms with E-state index in [1.54, 1.807) is 12.1 Å². The minimum atomic E-state index is 0.0856. The Morgan fingerprint density at radius 2 is 1.71 bits per heavy atom. The van der Waals surface area contributed by atoms with Crippen molar-refractivity contribution in [1.82, 2.24) is 5.06 Å². The Hall–Kier alpha value is -0.870. The van der Waals surface area contributed by atoms with Crippen LogP contribution >= 0.6 is 15.9 Å². The van der Waals surface area contributed by atoms with Crippen LogP contribution in [0.1, 0.15) is 19.4 Å². The van der Waals surface area contributed by atoms with Gasteiger partial charge in [0.25, 0.3) is 0 Å². The zero-order chi connectivity index (χ0) is 11.1. The predicted molar refractivity (Wildman–Crippen MR) is 61.9 cm³/mol. The van der Waals surface area contributed by atoms with Crippen LogP contribution in [0.2, 0.25) is 0 Å². The molecule has 0 bridgehead atoms. The van der Waals surface area contributed by atoms with Crippen molar-refractivity contribution in [3.05, 3.63) is 34.3 Å². The Balaban J connectivity index is 0.000000791. The molecule has 0 radical (unpaired) electrons. The Kier molecular flexibility index (Phi) is 6.16. The first-order chi connectivity index (χ1) is 6.61. The number of amidine groups is 1. The Morgan fingerprint density at radius 3 is 2.07 bits per heavy atom. The smallest absolute Gasteiger partial charge is 0.151 e. The van der Waals surface area contributed by atoms with Crippen molar-refractivity contribution < 1.29 is 5.21 Å². The van der Waals surface area contributed by atoms with Gasteiger partial charge in [-0.2, -0.15) is 0 Å². The van der Waals surface area contributed by atoms with Crippen molar-refractivity contribution in [2.24, 2.45) is 0 Å². The molecule has 1 aromatic carbocycles. The SMILES string of the molecule is CC.CN(O)C(=N)c1ccc(Br)cc1. The molecule has 0 aliphatic carbocycles. The highest BCUT2D eigenvalue weighted by Gasteiger charge is 2.03. The fraction of sp³-hybridized carbons (Fsp3) is 0.300. The molecular formula is C10H15BrN2O. The summed E-state index contributed by atoms with van der Waals surface area (Å²) in [5, 5.41) is 17.1. The van der Waals surface area contributed by atoms with Gasteiger partial charge in [0.05, 0.1) is 0 Å². The summed E-state index contributed by atoms with van der Waals surface area (Å²) in [6.45, 7) is 4.00. The quantitative estimate of drug-likeness (QED) is 0.462. The first-order valence-electron chi connectivity index (χ1n) is 4.38. The van der Waals surface area contributed by atoms with Crippen LogP contribution in [0.15, 0.2) is 28.7 Å². The van der Waals surface area contributed by atoms with Crippen molar-refractivity contribution >= 4 is 21.8 Å². The lowest BCUT2D eigenvalue weighted by molar-refractivity contribution is 0.0133. The predicted octanol–water partition coefficient (Wildman–Crippen LogP) is 3.12. The molecule has 0 fully saturated rings. The van der Waals surface area contributed by atoms with E-state index in [-0.39, 0.29) is 5.84 Å². The van der Waals surface area contributed by atoms with Gasteiger partial charge in [0.2, 0.25) is 0 Å². The molecule has 2 N–H and O–H groups in total. The Bertz CT molecular complexity index is 283. The molecule has 0 unspecified atom stereocenters. The van der Waals surface area contributed by atoms with Crippen LogP contribution in [0.5, 0.6) is 0 Å². The second kappa shape index (κ2) is 6.56. The van der Waals surface area contributed by atoms with Crippen molar-refractivity contribution in [3.63, 3.8) is 0 Å². The van der Waals surface area contributed by atoms with Gasteiger partial charge in [0.1, 0.15) is 0 Å². The highest BCUT2D eigenvalue weighted by atomic mass is 79.9. The van der Waals surface area contributed by atoms with Crippen molar-refractivity contribution in [2.75, 3.05) is 7.05 Å². The molecule has 0 aliphatic heterocycles. The molecule has 0 heterocycles. The largest absolute Gasteiger partial charge is 0.287 e. The number of benzene rings is 1. The first-order valence-corrected chi connectivity index (χ1v) is 5.17. The van der Waals surface area contributed by atoms with E-state index in [0.717, 1.165) is 9.54 Å². The standard InChI is InChI=1S/C8H9BrN2O.C2H6/c1-11(12)8(10)6-2-4-7(9)5-3-6;1-2/h2-5,10,12H,1H3;1-2H3. The summed E-state index contributed by atoms with van der Waals surface area (Å²) in [5.41, 5.74) is 0.684. The third-order valence-corrected chi connectivity index (χ3v) is 1.97. The molecule has 0 aliphatic rings. The van der Waals surface area contributed by atoms with E-state index < -0.39 is 0 Å². The Morgan fingerprint density at radius 1 is 1.29 bits per heavy atom. The number of hydrogen-bond acceptors (Lipinski definition) is 2. The summed E-state index contributed by atoms with van der Waals surface area (Å²) in [5.74, 6) is 0.0856. The molecule has 1 aromatic rings. The highest BCUT2D eigenvalue weighted by Crippen LogP contribution is 2.11. The van der Waals surface area contributed by atoms with Gasteiger partial charge >= 0.3 is 0 Å². The zero-order valence-corrected chi connectivity index (χ0v) is 10.2. The normalized spacial score (nSPS) is 8.64. The number of hydrogen-bond donors (Lipinski definition) is 2. The number of nitrogens with zero attached hydrogens (tertiary/aromatic N) is 1. The van der Waals surface area contributed by atoms with E-state index in [0.29, 0.717) is 5.56 Å². The van der Waals surface area contributed by atoms with Gasteiger partial charge in [-0.15, -0.1) is 0 Å².